The van der Waals surface area contributed by atoms with Gasteiger partial charge in [0.1, 0.15) is 0 Å². The second kappa shape index (κ2) is 4.47. The van der Waals surface area contributed by atoms with Crippen LogP contribution in [-0.2, 0) is 17.1 Å². The van der Waals surface area contributed by atoms with E-state index in [1.165, 1.54) is 16.9 Å². The molecular formula is C9H13N3O2S. The Labute approximate surface area is 89.5 Å². The summed E-state index contributed by atoms with van der Waals surface area (Å²) in [6.07, 6.45) is 6.88. The van der Waals surface area contributed by atoms with Crippen LogP contribution in [0.25, 0.3) is 0 Å². The van der Waals surface area contributed by atoms with E-state index in [-0.39, 0.29) is 11.1 Å². The largest absolute Gasteiger partial charge is 0.257 e. The van der Waals surface area contributed by atoms with Gasteiger partial charge in [0.2, 0.25) is 0 Å². The Morgan fingerprint density at radius 3 is 2.87 bits per heavy atom. The van der Waals surface area contributed by atoms with Gasteiger partial charge < -0.3 is 0 Å². The molecule has 1 atom stereocenters. The number of aryl methyl sites for hydroxylation is 1. The van der Waals surface area contributed by atoms with E-state index in [9.17, 15) is 8.42 Å². The maximum Gasteiger partial charge on any atom is 0.257 e. The van der Waals surface area contributed by atoms with E-state index in [2.05, 4.69) is 15.7 Å². The molecule has 5 nitrogen and oxygen atoms in total. The average molecular weight is 227 g/mol. The van der Waals surface area contributed by atoms with Crippen molar-refractivity contribution in [3.63, 3.8) is 0 Å². The Kier molecular flexibility index (Phi) is 3.50. The van der Waals surface area contributed by atoms with Crippen LogP contribution in [0.3, 0.4) is 0 Å². The van der Waals surface area contributed by atoms with Gasteiger partial charge in [-0.2, -0.15) is 5.10 Å². The third kappa shape index (κ3) is 2.81. The van der Waals surface area contributed by atoms with Crippen molar-refractivity contribution in [2.75, 3.05) is 0 Å². The van der Waals surface area contributed by atoms with Crippen LogP contribution in [-0.4, -0.2) is 24.2 Å². The zero-order valence-electron chi connectivity index (χ0n) is 8.64. The molecule has 0 saturated heterocycles. The van der Waals surface area contributed by atoms with Crippen LogP contribution in [0.15, 0.2) is 17.3 Å². The summed E-state index contributed by atoms with van der Waals surface area (Å²) < 4.78 is 27.3. The predicted molar refractivity (Wildman–Crippen MR) is 56.4 cm³/mol. The zero-order valence-corrected chi connectivity index (χ0v) is 9.45. The summed E-state index contributed by atoms with van der Waals surface area (Å²) in [7, 11) is -1.94. The lowest BCUT2D eigenvalue weighted by Gasteiger charge is -2.11. The van der Waals surface area contributed by atoms with Gasteiger partial charge in [-0.3, -0.25) is 4.68 Å². The first-order valence-corrected chi connectivity index (χ1v) is 5.89. The van der Waals surface area contributed by atoms with Crippen molar-refractivity contribution < 1.29 is 8.42 Å². The maximum absolute atomic E-state index is 11.8. The normalized spacial score (nSPS) is 13.4. The molecule has 6 heteroatoms. The van der Waals surface area contributed by atoms with Crippen LogP contribution in [0.4, 0.5) is 0 Å². The Hall–Kier alpha value is -1.32. The summed E-state index contributed by atoms with van der Waals surface area (Å²) in [5.74, 6) is 2.40. The fourth-order valence-electron chi connectivity index (χ4n) is 1.17. The molecule has 0 aliphatic rings. The van der Waals surface area contributed by atoms with E-state index < -0.39 is 10.0 Å². The predicted octanol–water partition coefficient (Wildman–Crippen LogP) is 0.110. The molecule has 0 amide bonds. The Bertz CT molecular complexity index is 470. The fourth-order valence-corrected chi connectivity index (χ4v) is 2.54. The van der Waals surface area contributed by atoms with Crippen molar-refractivity contribution in [3.8, 4) is 12.3 Å². The number of sulfonamides is 1. The van der Waals surface area contributed by atoms with Crippen molar-refractivity contribution in [1.82, 2.24) is 14.5 Å². The molecule has 1 heterocycles. The topological polar surface area (TPSA) is 64.0 Å². The van der Waals surface area contributed by atoms with Crippen LogP contribution < -0.4 is 4.72 Å². The van der Waals surface area contributed by atoms with Crippen molar-refractivity contribution in [2.24, 2.45) is 7.05 Å². The number of nitrogens with zero attached hydrogens (tertiary/aromatic N) is 2. The molecule has 1 aromatic rings. The minimum atomic E-state index is -3.51. The fraction of sp³-hybridized carbons (Fsp3) is 0.444. The van der Waals surface area contributed by atoms with Gasteiger partial charge in [-0.15, -0.1) is 12.3 Å². The number of hydrogen-bond acceptors (Lipinski definition) is 3. The highest BCUT2D eigenvalue weighted by Crippen LogP contribution is 2.07. The minimum Gasteiger partial charge on any atom is -0.256 e. The highest BCUT2D eigenvalue weighted by atomic mass is 32.2. The van der Waals surface area contributed by atoms with E-state index in [1.807, 2.05) is 0 Å². The van der Waals surface area contributed by atoms with Crippen molar-refractivity contribution in [3.05, 3.63) is 12.3 Å². The number of rotatable bonds is 4. The summed E-state index contributed by atoms with van der Waals surface area (Å²) in [5.41, 5.74) is 0. The molecule has 1 N–H and O–H groups in total. The molecule has 0 aromatic carbocycles. The number of aromatic nitrogens is 2. The summed E-state index contributed by atoms with van der Waals surface area (Å²) in [5, 5.41) is 3.92. The molecule has 1 aromatic heterocycles. The lowest BCUT2D eigenvalue weighted by molar-refractivity contribution is 0.547. The molecule has 0 fully saturated rings. The molecule has 0 aliphatic carbocycles. The van der Waals surface area contributed by atoms with Crippen molar-refractivity contribution >= 4 is 10.0 Å². The van der Waals surface area contributed by atoms with Crippen molar-refractivity contribution in [1.29, 1.82) is 0 Å². The third-order valence-electron chi connectivity index (χ3n) is 1.83. The van der Waals surface area contributed by atoms with Gasteiger partial charge in [0, 0.05) is 19.5 Å². The first kappa shape index (κ1) is 11.8. The van der Waals surface area contributed by atoms with Crippen LogP contribution in [0.2, 0.25) is 0 Å². The second-order valence-corrected chi connectivity index (χ2v) is 4.88. The number of terminal acetylenes is 1. The van der Waals surface area contributed by atoms with Crippen LogP contribution >= 0.6 is 0 Å². The minimum absolute atomic E-state index is 0.131. The Morgan fingerprint density at radius 1 is 1.73 bits per heavy atom. The molecule has 0 spiro atoms. The molecule has 0 saturated carbocycles. The monoisotopic (exact) mass is 227 g/mol. The summed E-state index contributed by atoms with van der Waals surface area (Å²) >= 11 is 0. The average Bonchev–Trinajstić information content (AvgIpc) is 2.51. The Morgan fingerprint density at radius 2 is 2.40 bits per heavy atom. The van der Waals surface area contributed by atoms with Crippen molar-refractivity contribution in [2.45, 2.75) is 24.4 Å². The van der Waals surface area contributed by atoms with E-state index in [4.69, 9.17) is 6.42 Å². The van der Waals surface area contributed by atoms with E-state index in [1.54, 1.807) is 14.0 Å². The lowest BCUT2D eigenvalue weighted by Crippen LogP contribution is -2.33. The van der Waals surface area contributed by atoms with Crippen LogP contribution in [0, 0.1) is 12.3 Å². The van der Waals surface area contributed by atoms with Gasteiger partial charge in [0.25, 0.3) is 10.0 Å². The lowest BCUT2D eigenvalue weighted by atomic mass is 10.3. The van der Waals surface area contributed by atoms with E-state index >= 15 is 0 Å². The van der Waals surface area contributed by atoms with Gasteiger partial charge in [0.05, 0.1) is 6.20 Å². The Balaban J connectivity index is 2.87. The number of hydrogen-bond donors (Lipinski definition) is 1. The van der Waals surface area contributed by atoms with E-state index in [0.717, 1.165) is 0 Å². The molecule has 0 radical (unpaired) electrons. The SMILES string of the molecule is C#CCC(C)NS(=O)(=O)c1ccnn1C. The summed E-state index contributed by atoms with van der Waals surface area (Å²) in [4.78, 5) is 0. The molecule has 0 bridgehead atoms. The van der Waals surface area contributed by atoms with Gasteiger partial charge in [-0.25, -0.2) is 13.1 Å². The van der Waals surface area contributed by atoms with Gasteiger partial charge in [-0.05, 0) is 13.0 Å². The first-order chi connectivity index (χ1) is 6.97. The van der Waals surface area contributed by atoms with Gasteiger partial charge >= 0.3 is 0 Å². The zero-order chi connectivity index (χ0) is 11.5. The third-order valence-corrected chi connectivity index (χ3v) is 3.50. The molecule has 1 rings (SSSR count). The first-order valence-electron chi connectivity index (χ1n) is 4.41. The maximum atomic E-state index is 11.8. The summed E-state index contributed by atoms with van der Waals surface area (Å²) in [6.45, 7) is 1.72. The quantitative estimate of drug-likeness (QED) is 0.743. The highest BCUT2D eigenvalue weighted by molar-refractivity contribution is 7.89. The molecular weight excluding hydrogens is 214 g/mol. The molecule has 0 aliphatic heterocycles. The van der Waals surface area contributed by atoms with Gasteiger partial charge in [-0.1, -0.05) is 0 Å². The van der Waals surface area contributed by atoms with E-state index in [0.29, 0.717) is 6.42 Å². The molecule has 15 heavy (non-hydrogen) atoms. The molecule has 82 valence electrons. The second-order valence-electron chi connectivity index (χ2n) is 3.22. The molecule has 1 unspecified atom stereocenters. The summed E-state index contributed by atoms with van der Waals surface area (Å²) in [6, 6.07) is 1.15. The van der Waals surface area contributed by atoms with Gasteiger partial charge in [0.15, 0.2) is 5.03 Å². The van der Waals surface area contributed by atoms with Crippen LogP contribution in [0.5, 0.6) is 0 Å². The van der Waals surface area contributed by atoms with Crippen LogP contribution in [0.1, 0.15) is 13.3 Å². The highest BCUT2D eigenvalue weighted by Gasteiger charge is 2.19. The standard InChI is InChI=1S/C9H13N3O2S/c1-4-5-8(2)11-15(13,14)9-6-7-10-12(9)3/h1,6-8,11H,5H2,2-3H3. The smallest absolute Gasteiger partial charge is 0.256 e. The number of nitrogens with one attached hydrogen (secondary N) is 1.